The number of phenols is 2. The van der Waals surface area contributed by atoms with E-state index in [9.17, 15) is 9.90 Å². The van der Waals surface area contributed by atoms with Gasteiger partial charge in [0.2, 0.25) is 0 Å². The lowest BCUT2D eigenvalue weighted by Gasteiger charge is -2.02. The molecule has 0 heterocycles. The average molecular weight is 291 g/mol. The van der Waals surface area contributed by atoms with Gasteiger partial charge in [-0.1, -0.05) is 23.7 Å². The second-order valence-electron chi connectivity index (χ2n) is 3.92. The summed E-state index contributed by atoms with van der Waals surface area (Å²) >= 11 is 5.88. The van der Waals surface area contributed by atoms with Crippen molar-refractivity contribution in [3.63, 3.8) is 0 Å². The fraction of sp³-hybridized carbons (Fsp3) is 0. The Morgan fingerprint density at radius 1 is 1.20 bits per heavy atom. The van der Waals surface area contributed by atoms with Gasteiger partial charge in [0, 0.05) is 11.6 Å². The molecule has 2 aromatic carbocycles. The van der Waals surface area contributed by atoms with E-state index in [0.717, 1.165) is 0 Å². The molecule has 0 aliphatic rings. The zero-order valence-electron chi connectivity index (χ0n) is 10.2. The van der Waals surface area contributed by atoms with Gasteiger partial charge in [0.1, 0.15) is 11.5 Å². The number of aromatic hydroxyl groups is 2. The van der Waals surface area contributed by atoms with Gasteiger partial charge in [-0.3, -0.25) is 4.79 Å². The number of halogens is 1. The zero-order valence-corrected chi connectivity index (χ0v) is 11.0. The minimum Gasteiger partial charge on any atom is -0.508 e. The average Bonchev–Trinajstić information content (AvgIpc) is 2.41. The molecule has 0 saturated carbocycles. The van der Waals surface area contributed by atoms with E-state index in [-0.39, 0.29) is 11.5 Å². The number of hydrogen-bond donors (Lipinski definition) is 3. The first kappa shape index (κ1) is 13.9. The van der Waals surface area contributed by atoms with Crippen LogP contribution in [-0.4, -0.2) is 22.3 Å². The molecule has 0 radical (unpaired) electrons. The molecular formula is C14H11ClN2O3. The largest absolute Gasteiger partial charge is 0.508 e. The van der Waals surface area contributed by atoms with Gasteiger partial charge >= 0.3 is 0 Å². The van der Waals surface area contributed by atoms with E-state index in [2.05, 4.69) is 10.5 Å². The molecule has 0 aromatic heterocycles. The smallest absolute Gasteiger partial charge is 0.272 e. The zero-order chi connectivity index (χ0) is 14.5. The number of hydrogen-bond acceptors (Lipinski definition) is 4. The Morgan fingerprint density at radius 3 is 2.65 bits per heavy atom. The minimum absolute atomic E-state index is 0.0558. The number of carbonyl (C=O) groups is 1. The summed E-state index contributed by atoms with van der Waals surface area (Å²) < 4.78 is 0. The van der Waals surface area contributed by atoms with Gasteiger partial charge in [-0.25, -0.2) is 5.43 Å². The van der Waals surface area contributed by atoms with Crippen molar-refractivity contribution in [2.45, 2.75) is 0 Å². The summed E-state index contributed by atoms with van der Waals surface area (Å²) in [6.45, 7) is 0. The van der Waals surface area contributed by atoms with Crippen LogP contribution in [0.25, 0.3) is 0 Å². The first-order chi connectivity index (χ1) is 9.58. The maximum atomic E-state index is 11.8. The van der Waals surface area contributed by atoms with Crippen molar-refractivity contribution in [1.82, 2.24) is 5.43 Å². The highest BCUT2D eigenvalue weighted by molar-refractivity contribution is 6.33. The van der Waals surface area contributed by atoms with E-state index in [1.54, 1.807) is 24.3 Å². The molecule has 102 valence electrons. The molecule has 2 aromatic rings. The van der Waals surface area contributed by atoms with Crippen LogP contribution < -0.4 is 5.43 Å². The van der Waals surface area contributed by atoms with Crippen LogP contribution in [0.15, 0.2) is 47.6 Å². The molecule has 5 nitrogen and oxygen atoms in total. The summed E-state index contributed by atoms with van der Waals surface area (Å²) in [5.74, 6) is -0.648. The molecule has 0 aliphatic carbocycles. The predicted octanol–water partition coefficient (Wildman–Crippen LogP) is 2.52. The molecule has 0 fully saturated rings. The maximum Gasteiger partial charge on any atom is 0.272 e. The van der Waals surface area contributed by atoms with E-state index < -0.39 is 5.91 Å². The van der Waals surface area contributed by atoms with E-state index in [4.69, 9.17) is 16.7 Å². The Balaban J connectivity index is 2.07. The molecule has 0 saturated heterocycles. The van der Waals surface area contributed by atoms with Gasteiger partial charge < -0.3 is 10.2 Å². The van der Waals surface area contributed by atoms with E-state index >= 15 is 0 Å². The third kappa shape index (κ3) is 3.27. The second kappa shape index (κ2) is 6.08. The van der Waals surface area contributed by atoms with Crippen molar-refractivity contribution in [1.29, 1.82) is 0 Å². The normalized spacial score (nSPS) is 10.7. The third-order valence-corrected chi connectivity index (χ3v) is 2.83. The molecule has 0 bridgehead atoms. The molecule has 20 heavy (non-hydrogen) atoms. The summed E-state index contributed by atoms with van der Waals surface area (Å²) in [5.41, 5.74) is 2.97. The highest BCUT2D eigenvalue weighted by atomic mass is 35.5. The Kier molecular flexibility index (Phi) is 4.22. The standard InChI is InChI=1S/C14H11ClN2O3/c15-12-4-2-1-3-11(12)14(20)17-16-8-9-5-6-10(18)7-13(9)19/h1-8,18-19H,(H,17,20)/b16-8-. The van der Waals surface area contributed by atoms with Gasteiger partial charge in [-0.2, -0.15) is 5.10 Å². The molecule has 6 heteroatoms. The molecule has 2 rings (SSSR count). The van der Waals surface area contributed by atoms with Crippen molar-refractivity contribution in [3.05, 3.63) is 58.6 Å². The van der Waals surface area contributed by atoms with Crippen LogP contribution in [0.3, 0.4) is 0 Å². The van der Waals surface area contributed by atoms with Gasteiger partial charge in [0.05, 0.1) is 16.8 Å². The summed E-state index contributed by atoms with van der Waals surface area (Å²) in [7, 11) is 0. The molecule has 0 atom stereocenters. The van der Waals surface area contributed by atoms with Crippen molar-refractivity contribution < 1.29 is 15.0 Å². The molecule has 1 amide bonds. The Hall–Kier alpha value is -2.53. The minimum atomic E-state index is -0.454. The van der Waals surface area contributed by atoms with E-state index in [1.165, 1.54) is 24.4 Å². The number of carbonyl (C=O) groups excluding carboxylic acids is 1. The topological polar surface area (TPSA) is 81.9 Å². The monoisotopic (exact) mass is 290 g/mol. The Morgan fingerprint density at radius 2 is 1.95 bits per heavy atom. The number of nitrogens with zero attached hydrogens (tertiary/aromatic N) is 1. The van der Waals surface area contributed by atoms with Crippen LogP contribution in [0.4, 0.5) is 0 Å². The quantitative estimate of drug-likeness (QED) is 0.600. The number of nitrogens with one attached hydrogen (secondary N) is 1. The van der Waals surface area contributed by atoms with Crippen LogP contribution in [0.1, 0.15) is 15.9 Å². The van der Waals surface area contributed by atoms with Crippen LogP contribution >= 0.6 is 11.6 Å². The van der Waals surface area contributed by atoms with Crippen LogP contribution in [0.2, 0.25) is 5.02 Å². The van der Waals surface area contributed by atoms with E-state index in [1.807, 2.05) is 0 Å². The fourth-order valence-corrected chi connectivity index (χ4v) is 1.73. The van der Waals surface area contributed by atoms with E-state index in [0.29, 0.717) is 16.1 Å². The first-order valence-corrected chi connectivity index (χ1v) is 6.05. The van der Waals surface area contributed by atoms with Crippen molar-refractivity contribution in [2.24, 2.45) is 5.10 Å². The lowest BCUT2D eigenvalue weighted by Crippen LogP contribution is -2.17. The van der Waals surface area contributed by atoms with Gasteiger partial charge in [-0.05, 0) is 24.3 Å². The lowest BCUT2D eigenvalue weighted by molar-refractivity contribution is 0.0955. The highest BCUT2D eigenvalue weighted by Crippen LogP contribution is 2.20. The van der Waals surface area contributed by atoms with Crippen molar-refractivity contribution in [2.75, 3.05) is 0 Å². The summed E-state index contributed by atoms with van der Waals surface area (Å²) in [6.07, 6.45) is 1.27. The Bertz CT molecular complexity index is 671. The number of rotatable bonds is 3. The molecular weight excluding hydrogens is 280 g/mol. The Labute approximate surface area is 120 Å². The van der Waals surface area contributed by atoms with Crippen molar-refractivity contribution in [3.8, 4) is 11.5 Å². The molecule has 0 aliphatic heterocycles. The molecule has 0 spiro atoms. The van der Waals surface area contributed by atoms with Gasteiger partial charge in [-0.15, -0.1) is 0 Å². The number of benzene rings is 2. The number of hydrazone groups is 1. The van der Waals surface area contributed by atoms with Crippen LogP contribution in [0, 0.1) is 0 Å². The van der Waals surface area contributed by atoms with Gasteiger partial charge in [0.15, 0.2) is 0 Å². The summed E-state index contributed by atoms with van der Waals surface area (Å²) in [4.78, 5) is 11.8. The fourth-order valence-electron chi connectivity index (χ4n) is 1.51. The lowest BCUT2D eigenvalue weighted by atomic mass is 10.2. The summed E-state index contributed by atoms with van der Waals surface area (Å²) in [5, 5.41) is 22.7. The first-order valence-electron chi connectivity index (χ1n) is 5.68. The van der Waals surface area contributed by atoms with Gasteiger partial charge in [0.25, 0.3) is 5.91 Å². The number of amides is 1. The second-order valence-corrected chi connectivity index (χ2v) is 4.33. The predicted molar refractivity (Wildman–Crippen MR) is 76.3 cm³/mol. The summed E-state index contributed by atoms with van der Waals surface area (Å²) in [6, 6.07) is 10.6. The number of phenolic OH excluding ortho intramolecular Hbond substituents is 2. The van der Waals surface area contributed by atoms with Crippen LogP contribution in [0.5, 0.6) is 11.5 Å². The van der Waals surface area contributed by atoms with Crippen LogP contribution in [-0.2, 0) is 0 Å². The highest BCUT2D eigenvalue weighted by Gasteiger charge is 2.07. The molecule has 0 unspecified atom stereocenters. The SMILES string of the molecule is O=C(N/N=C\c1ccc(O)cc1O)c1ccccc1Cl. The molecule has 3 N–H and O–H groups in total. The maximum absolute atomic E-state index is 11.8. The third-order valence-electron chi connectivity index (χ3n) is 2.50. The van der Waals surface area contributed by atoms with Crippen molar-refractivity contribution >= 4 is 23.7 Å².